The molecule has 7 nitrogen and oxygen atoms in total. The van der Waals surface area contributed by atoms with Crippen LogP contribution >= 0.6 is 11.6 Å². The van der Waals surface area contributed by atoms with E-state index in [-0.39, 0.29) is 17.9 Å². The molecule has 1 N–H and O–H groups in total. The van der Waals surface area contributed by atoms with Crippen LogP contribution in [0.25, 0.3) is 5.76 Å². The van der Waals surface area contributed by atoms with Crippen molar-refractivity contribution < 1.29 is 24.2 Å². The Balaban J connectivity index is 1.63. The Hall–Kier alpha value is -4.62. The minimum atomic E-state index is -0.871. The van der Waals surface area contributed by atoms with Gasteiger partial charge in [-0.15, -0.1) is 0 Å². The molecule has 1 atom stereocenters. The molecule has 2 heterocycles. The number of hydrogen-bond acceptors (Lipinski definition) is 6. The van der Waals surface area contributed by atoms with Crippen molar-refractivity contribution in [3.8, 4) is 17.2 Å². The summed E-state index contributed by atoms with van der Waals surface area (Å²) in [4.78, 5) is 32.2. The van der Waals surface area contributed by atoms with Gasteiger partial charge in [-0.05, 0) is 65.7 Å². The number of para-hydroxylation sites is 1. The van der Waals surface area contributed by atoms with Crippen molar-refractivity contribution in [3.63, 3.8) is 0 Å². The number of likely N-dealkylation sites (tertiary alicyclic amines) is 1. The minimum Gasteiger partial charge on any atom is -0.507 e. The van der Waals surface area contributed by atoms with Crippen LogP contribution in [0, 0.1) is 0 Å². The van der Waals surface area contributed by atoms with Gasteiger partial charge in [0.05, 0.1) is 23.7 Å². The Morgan fingerprint density at radius 3 is 2.42 bits per heavy atom. The van der Waals surface area contributed by atoms with Crippen LogP contribution in [0.3, 0.4) is 0 Å². The SMILES string of the molecule is COc1cc(/C(O)=C2/C(=O)C(=O)N(Cc3ccncc3)C2c2cccc(Oc3ccccc3)c2)ccc1Cl. The first-order valence-corrected chi connectivity index (χ1v) is 12.2. The lowest BCUT2D eigenvalue weighted by Crippen LogP contribution is -2.29. The molecule has 38 heavy (non-hydrogen) atoms. The average Bonchev–Trinajstić information content (AvgIpc) is 3.19. The number of aromatic nitrogens is 1. The molecule has 8 heteroatoms. The number of halogens is 1. The second-order valence-electron chi connectivity index (χ2n) is 8.62. The third kappa shape index (κ3) is 4.96. The van der Waals surface area contributed by atoms with Crippen LogP contribution in [0.5, 0.6) is 17.2 Å². The van der Waals surface area contributed by atoms with Gasteiger partial charge in [0.15, 0.2) is 0 Å². The first-order chi connectivity index (χ1) is 18.5. The summed E-state index contributed by atoms with van der Waals surface area (Å²) in [7, 11) is 1.46. The summed E-state index contributed by atoms with van der Waals surface area (Å²) in [6, 6.07) is 23.7. The molecule has 3 aromatic carbocycles. The zero-order valence-electron chi connectivity index (χ0n) is 20.4. The molecule has 1 aliphatic heterocycles. The maximum absolute atomic E-state index is 13.4. The number of carbonyl (C=O) groups excluding carboxylic acids is 2. The number of pyridine rings is 1. The fraction of sp³-hybridized carbons (Fsp3) is 0.100. The molecule has 1 amide bonds. The Bertz CT molecular complexity index is 1520. The zero-order valence-corrected chi connectivity index (χ0v) is 21.1. The number of amides is 1. The van der Waals surface area contributed by atoms with Crippen LogP contribution in [0.4, 0.5) is 0 Å². The third-order valence-corrected chi connectivity index (χ3v) is 6.53. The number of carbonyl (C=O) groups is 2. The highest BCUT2D eigenvalue weighted by atomic mass is 35.5. The molecule has 190 valence electrons. The van der Waals surface area contributed by atoms with E-state index in [0.717, 1.165) is 5.56 Å². The summed E-state index contributed by atoms with van der Waals surface area (Å²) < 4.78 is 11.3. The predicted octanol–water partition coefficient (Wildman–Crippen LogP) is 6.16. The highest BCUT2D eigenvalue weighted by molar-refractivity contribution is 6.46. The number of hydrogen-bond donors (Lipinski definition) is 1. The minimum absolute atomic E-state index is 0.0368. The summed E-state index contributed by atoms with van der Waals surface area (Å²) in [6.45, 7) is 0.141. The van der Waals surface area contributed by atoms with E-state index in [1.54, 1.807) is 60.9 Å². The predicted molar refractivity (Wildman–Crippen MR) is 143 cm³/mol. The van der Waals surface area contributed by atoms with Crippen LogP contribution in [0.1, 0.15) is 22.7 Å². The lowest BCUT2D eigenvalue weighted by molar-refractivity contribution is -0.140. The number of nitrogens with zero attached hydrogens (tertiary/aromatic N) is 2. The number of rotatable bonds is 7. The molecule has 4 aromatic rings. The van der Waals surface area contributed by atoms with Gasteiger partial charge in [0.1, 0.15) is 23.0 Å². The van der Waals surface area contributed by atoms with Crippen LogP contribution < -0.4 is 9.47 Å². The molecule has 1 aliphatic rings. The fourth-order valence-corrected chi connectivity index (χ4v) is 4.60. The number of benzene rings is 3. The van der Waals surface area contributed by atoms with Crippen molar-refractivity contribution in [1.82, 2.24) is 9.88 Å². The summed E-state index contributed by atoms with van der Waals surface area (Å²) in [5, 5.41) is 11.7. The number of Topliss-reactive ketones (excluding diaryl/α,β-unsaturated/α-hetero) is 1. The Kier molecular flexibility index (Phi) is 7.11. The van der Waals surface area contributed by atoms with Crippen LogP contribution in [0.15, 0.2) is 103 Å². The van der Waals surface area contributed by atoms with Gasteiger partial charge < -0.3 is 19.5 Å². The topological polar surface area (TPSA) is 89.0 Å². The molecule has 0 bridgehead atoms. The number of ketones is 1. The molecule has 0 spiro atoms. The fourth-order valence-electron chi connectivity index (χ4n) is 4.41. The van der Waals surface area contributed by atoms with Gasteiger partial charge in [-0.3, -0.25) is 14.6 Å². The quantitative estimate of drug-likeness (QED) is 0.176. The second-order valence-corrected chi connectivity index (χ2v) is 9.03. The molecule has 1 fully saturated rings. The van der Waals surface area contributed by atoms with E-state index in [1.165, 1.54) is 18.1 Å². The summed E-state index contributed by atoms with van der Waals surface area (Å²) in [6.07, 6.45) is 3.24. The first-order valence-electron chi connectivity index (χ1n) is 11.8. The maximum atomic E-state index is 13.4. The summed E-state index contributed by atoms with van der Waals surface area (Å²) in [5.74, 6) is -0.333. The van der Waals surface area contributed by atoms with Crippen molar-refractivity contribution in [2.24, 2.45) is 0 Å². The Labute approximate surface area is 224 Å². The van der Waals surface area contributed by atoms with Gasteiger partial charge in [0, 0.05) is 24.5 Å². The van der Waals surface area contributed by atoms with Crippen LogP contribution in [0.2, 0.25) is 5.02 Å². The molecule has 1 unspecified atom stereocenters. The van der Waals surface area contributed by atoms with E-state index >= 15 is 0 Å². The molecule has 0 radical (unpaired) electrons. The lowest BCUT2D eigenvalue weighted by Gasteiger charge is -2.26. The Morgan fingerprint density at radius 2 is 1.68 bits per heavy atom. The van der Waals surface area contributed by atoms with E-state index in [2.05, 4.69) is 4.98 Å². The molecule has 0 saturated carbocycles. The first kappa shape index (κ1) is 25.0. The van der Waals surface area contributed by atoms with Gasteiger partial charge in [-0.2, -0.15) is 0 Å². The van der Waals surface area contributed by atoms with Gasteiger partial charge in [-0.25, -0.2) is 0 Å². The molecule has 1 aromatic heterocycles. The van der Waals surface area contributed by atoms with E-state index in [9.17, 15) is 14.7 Å². The van der Waals surface area contributed by atoms with Crippen molar-refractivity contribution in [2.45, 2.75) is 12.6 Å². The normalized spacial score (nSPS) is 16.5. The third-order valence-electron chi connectivity index (χ3n) is 6.22. The van der Waals surface area contributed by atoms with E-state index in [0.29, 0.717) is 33.4 Å². The second kappa shape index (κ2) is 10.8. The molecule has 1 saturated heterocycles. The monoisotopic (exact) mass is 526 g/mol. The highest BCUT2D eigenvalue weighted by Gasteiger charge is 2.46. The van der Waals surface area contributed by atoms with Gasteiger partial charge in [0.2, 0.25) is 0 Å². The molecular formula is C30H23ClN2O5. The summed E-state index contributed by atoms with van der Waals surface area (Å²) >= 11 is 6.16. The van der Waals surface area contributed by atoms with E-state index in [1.807, 2.05) is 30.3 Å². The highest BCUT2D eigenvalue weighted by Crippen LogP contribution is 2.42. The molecule has 5 rings (SSSR count). The standard InChI is InChI=1S/C30H23ClN2O5/c1-37-25-17-21(10-11-24(25)31)28(34)26-27(33(30(36)29(26)35)18-19-12-14-32-15-13-19)20-6-5-9-23(16-20)38-22-7-3-2-4-8-22/h2-17,27,34H,18H2,1H3/b28-26-. The van der Waals surface area contributed by atoms with Gasteiger partial charge >= 0.3 is 0 Å². The average molecular weight is 527 g/mol. The van der Waals surface area contributed by atoms with Crippen LogP contribution in [-0.4, -0.2) is 33.8 Å². The van der Waals surface area contributed by atoms with E-state index in [4.69, 9.17) is 21.1 Å². The largest absolute Gasteiger partial charge is 0.507 e. The van der Waals surface area contributed by atoms with Crippen molar-refractivity contribution in [1.29, 1.82) is 0 Å². The van der Waals surface area contributed by atoms with Crippen molar-refractivity contribution in [3.05, 3.63) is 125 Å². The van der Waals surface area contributed by atoms with Crippen molar-refractivity contribution >= 4 is 29.1 Å². The summed E-state index contributed by atoms with van der Waals surface area (Å²) in [5.41, 5.74) is 1.66. The van der Waals surface area contributed by atoms with Gasteiger partial charge in [-0.1, -0.05) is 41.9 Å². The maximum Gasteiger partial charge on any atom is 0.295 e. The smallest absolute Gasteiger partial charge is 0.295 e. The number of aliphatic hydroxyl groups is 1. The zero-order chi connectivity index (χ0) is 26.6. The lowest BCUT2D eigenvalue weighted by atomic mass is 9.95. The number of ether oxygens (including phenoxy) is 2. The van der Waals surface area contributed by atoms with Crippen LogP contribution in [-0.2, 0) is 16.1 Å². The van der Waals surface area contributed by atoms with E-state index < -0.39 is 17.7 Å². The number of aliphatic hydroxyl groups excluding tert-OH is 1. The van der Waals surface area contributed by atoms with Gasteiger partial charge in [0.25, 0.3) is 11.7 Å². The van der Waals surface area contributed by atoms with Crippen molar-refractivity contribution in [2.75, 3.05) is 7.11 Å². The number of methoxy groups -OCH3 is 1. The Morgan fingerprint density at radius 1 is 0.947 bits per heavy atom. The molecular weight excluding hydrogens is 504 g/mol. The molecule has 0 aliphatic carbocycles.